The number of hydrogen-bond donors (Lipinski definition) is 1. The van der Waals surface area contributed by atoms with Gasteiger partial charge in [-0.3, -0.25) is 0 Å². The van der Waals surface area contributed by atoms with Crippen LogP contribution in [0.1, 0.15) is 0 Å². The molecule has 3 rings (SSSR count). The van der Waals surface area contributed by atoms with E-state index in [-0.39, 0.29) is 0 Å². The van der Waals surface area contributed by atoms with Crippen molar-refractivity contribution >= 4 is 16.9 Å². The van der Waals surface area contributed by atoms with Gasteiger partial charge in [-0.2, -0.15) is 0 Å². The summed E-state index contributed by atoms with van der Waals surface area (Å²) in [4.78, 5) is 9.03. The van der Waals surface area contributed by atoms with Gasteiger partial charge in [0, 0.05) is 13.7 Å². The van der Waals surface area contributed by atoms with Crippen LogP contribution in [0.5, 0.6) is 0 Å². The van der Waals surface area contributed by atoms with Crippen molar-refractivity contribution in [1.29, 1.82) is 0 Å². The number of ether oxygens (including phenoxy) is 1. The molecular formula is C15H16N4O. The van der Waals surface area contributed by atoms with Crippen LogP contribution < -0.4 is 5.73 Å². The molecule has 0 radical (unpaired) electrons. The first-order valence-corrected chi connectivity index (χ1v) is 6.46. The smallest absolute Gasteiger partial charge is 0.159 e. The highest BCUT2D eigenvalue weighted by molar-refractivity contribution is 5.80. The van der Waals surface area contributed by atoms with Crippen LogP contribution in [-0.2, 0) is 11.3 Å². The number of nitrogens with zero attached hydrogens (tertiary/aromatic N) is 3. The Morgan fingerprint density at radius 3 is 2.75 bits per heavy atom. The van der Waals surface area contributed by atoms with E-state index in [4.69, 9.17) is 10.5 Å². The topological polar surface area (TPSA) is 66.0 Å². The van der Waals surface area contributed by atoms with Crippen LogP contribution in [0.25, 0.3) is 22.6 Å². The molecule has 0 spiro atoms. The third-order valence-corrected chi connectivity index (χ3v) is 3.17. The molecule has 1 aromatic carbocycles. The molecule has 2 aromatic heterocycles. The molecule has 20 heavy (non-hydrogen) atoms. The van der Waals surface area contributed by atoms with Crippen molar-refractivity contribution < 1.29 is 4.74 Å². The summed E-state index contributed by atoms with van der Waals surface area (Å²) in [5.41, 5.74) is 8.56. The maximum Gasteiger partial charge on any atom is 0.159 e. The van der Waals surface area contributed by atoms with Crippen molar-refractivity contribution in [3.63, 3.8) is 0 Å². The zero-order chi connectivity index (χ0) is 13.9. The number of aromatic nitrogens is 3. The minimum absolute atomic E-state index is 0.493. The summed E-state index contributed by atoms with van der Waals surface area (Å²) in [6.07, 6.45) is 0. The van der Waals surface area contributed by atoms with Gasteiger partial charge in [-0.05, 0) is 24.3 Å². The summed E-state index contributed by atoms with van der Waals surface area (Å²) in [5.74, 6) is 1.31. The maximum atomic E-state index is 5.77. The molecular weight excluding hydrogens is 252 g/mol. The lowest BCUT2D eigenvalue weighted by molar-refractivity contribution is 0.188. The fourth-order valence-corrected chi connectivity index (χ4v) is 2.26. The number of pyridine rings is 1. The summed E-state index contributed by atoms with van der Waals surface area (Å²) < 4.78 is 7.30. The van der Waals surface area contributed by atoms with Gasteiger partial charge in [-0.15, -0.1) is 0 Å². The molecule has 2 N–H and O–H groups in total. The largest absolute Gasteiger partial charge is 0.384 e. The van der Waals surface area contributed by atoms with Crippen molar-refractivity contribution in [3.05, 3.63) is 42.5 Å². The Hall–Kier alpha value is -2.40. The molecule has 0 bridgehead atoms. The molecule has 0 saturated heterocycles. The van der Waals surface area contributed by atoms with Crippen molar-refractivity contribution in [1.82, 2.24) is 14.5 Å². The normalized spacial score (nSPS) is 11.1. The maximum absolute atomic E-state index is 5.77. The Morgan fingerprint density at radius 1 is 1.10 bits per heavy atom. The number of nitrogens with two attached hydrogens (primary N) is 1. The number of anilines is 1. The second kappa shape index (κ2) is 5.30. The standard InChI is InChI=1S/C15H16N4O/c1-20-10-9-19-13-7-3-2-5-11(13)18-15(19)12-6-4-8-14(16)17-12/h2-8H,9-10H2,1H3,(H2,16,17). The Balaban J connectivity index is 2.18. The molecule has 0 fully saturated rings. The lowest BCUT2D eigenvalue weighted by Crippen LogP contribution is -2.06. The number of benzene rings is 1. The fraction of sp³-hybridized carbons (Fsp3) is 0.200. The van der Waals surface area contributed by atoms with E-state index in [9.17, 15) is 0 Å². The molecule has 102 valence electrons. The molecule has 5 nitrogen and oxygen atoms in total. The van der Waals surface area contributed by atoms with E-state index < -0.39 is 0 Å². The molecule has 0 aliphatic heterocycles. The van der Waals surface area contributed by atoms with Gasteiger partial charge in [0.2, 0.25) is 0 Å². The third-order valence-electron chi connectivity index (χ3n) is 3.17. The van der Waals surface area contributed by atoms with Gasteiger partial charge in [0.05, 0.1) is 17.6 Å². The number of nitrogen functional groups attached to an aromatic ring is 1. The van der Waals surface area contributed by atoms with E-state index in [1.807, 2.05) is 36.4 Å². The number of para-hydroxylation sites is 2. The van der Waals surface area contributed by atoms with E-state index in [2.05, 4.69) is 14.5 Å². The summed E-state index contributed by atoms with van der Waals surface area (Å²) in [5, 5.41) is 0. The van der Waals surface area contributed by atoms with Gasteiger partial charge in [-0.25, -0.2) is 9.97 Å². The van der Waals surface area contributed by atoms with Gasteiger partial charge in [0.1, 0.15) is 11.5 Å². The lowest BCUT2D eigenvalue weighted by atomic mass is 10.3. The van der Waals surface area contributed by atoms with E-state index in [0.29, 0.717) is 12.4 Å². The minimum atomic E-state index is 0.493. The van der Waals surface area contributed by atoms with Gasteiger partial charge in [0.25, 0.3) is 0 Å². The summed E-state index contributed by atoms with van der Waals surface area (Å²) in [7, 11) is 1.69. The molecule has 0 aliphatic carbocycles. The first-order chi connectivity index (χ1) is 9.79. The van der Waals surface area contributed by atoms with Crippen LogP contribution in [-0.4, -0.2) is 28.3 Å². The van der Waals surface area contributed by atoms with Crippen LogP contribution in [0, 0.1) is 0 Å². The monoisotopic (exact) mass is 268 g/mol. The fourth-order valence-electron chi connectivity index (χ4n) is 2.26. The second-order valence-electron chi connectivity index (χ2n) is 4.52. The van der Waals surface area contributed by atoms with Crippen molar-refractivity contribution in [2.24, 2.45) is 0 Å². The van der Waals surface area contributed by atoms with Crippen molar-refractivity contribution in [2.75, 3.05) is 19.5 Å². The van der Waals surface area contributed by atoms with Crippen molar-refractivity contribution in [3.8, 4) is 11.5 Å². The Labute approximate surface area is 117 Å². The van der Waals surface area contributed by atoms with Gasteiger partial charge >= 0.3 is 0 Å². The van der Waals surface area contributed by atoms with Crippen LogP contribution in [0.2, 0.25) is 0 Å². The van der Waals surface area contributed by atoms with Crippen LogP contribution in [0.4, 0.5) is 5.82 Å². The Kier molecular flexibility index (Phi) is 3.35. The first kappa shape index (κ1) is 12.6. The summed E-state index contributed by atoms with van der Waals surface area (Å²) in [6, 6.07) is 13.6. The molecule has 0 saturated carbocycles. The van der Waals surface area contributed by atoms with Gasteiger partial charge in [-0.1, -0.05) is 18.2 Å². The molecule has 2 heterocycles. The zero-order valence-electron chi connectivity index (χ0n) is 11.3. The predicted molar refractivity (Wildman–Crippen MR) is 79.3 cm³/mol. The highest BCUT2D eigenvalue weighted by atomic mass is 16.5. The Bertz CT molecular complexity index is 736. The molecule has 0 unspecified atom stereocenters. The highest BCUT2D eigenvalue weighted by Gasteiger charge is 2.13. The second-order valence-corrected chi connectivity index (χ2v) is 4.52. The Morgan fingerprint density at radius 2 is 1.95 bits per heavy atom. The summed E-state index contributed by atoms with van der Waals surface area (Å²) >= 11 is 0. The average molecular weight is 268 g/mol. The predicted octanol–water partition coefficient (Wildman–Crippen LogP) is 2.33. The van der Waals surface area contributed by atoms with E-state index >= 15 is 0 Å². The minimum Gasteiger partial charge on any atom is -0.384 e. The number of rotatable bonds is 4. The van der Waals surface area contributed by atoms with Crippen LogP contribution >= 0.6 is 0 Å². The lowest BCUT2D eigenvalue weighted by Gasteiger charge is -2.08. The van der Waals surface area contributed by atoms with Crippen LogP contribution in [0.15, 0.2) is 42.5 Å². The highest BCUT2D eigenvalue weighted by Crippen LogP contribution is 2.23. The number of imidazole rings is 1. The van der Waals surface area contributed by atoms with Gasteiger partial charge in [0.15, 0.2) is 5.82 Å². The molecule has 5 heteroatoms. The molecule has 0 aliphatic rings. The van der Waals surface area contributed by atoms with E-state index in [1.54, 1.807) is 13.2 Å². The quantitative estimate of drug-likeness (QED) is 0.788. The number of methoxy groups -OCH3 is 1. The van der Waals surface area contributed by atoms with Crippen molar-refractivity contribution in [2.45, 2.75) is 6.54 Å². The number of hydrogen-bond acceptors (Lipinski definition) is 4. The SMILES string of the molecule is COCCn1c(-c2cccc(N)n2)nc2ccccc21. The molecule has 0 amide bonds. The van der Waals surface area contributed by atoms with Gasteiger partial charge < -0.3 is 15.0 Å². The summed E-state index contributed by atoms with van der Waals surface area (Å²) in [6.45, 7) is 1.35. The van der Waals surface area contributed by atoms with E-state index in [0.717, 1.165) is 29.1 Å². The molecule has 0 atom stereocenters. The first-order valence-electron chi connectivity index (χ1n) is 6.46. The van der Waals surface area contributed by atoms with E-state index in [1.165, 1.54) is 0 Å². The van der Waals surface area contributed by atoms with Crippen LogP contribution in [0.3, 0.4) is 0 Å². The number of fused-ring (bicyclic) bond motifs is 1. The third kappa shape index (κ3) is 2.23. The zero-order valence-corrected chi connectivity index (χ0v) is 11.3. The molecule has 3 aromatic rings. The average Bonchev–Trinajstić information content (AvgIpc) is 2.84.